The molecule has 134 valence electrons. The van der Waals surface area contributed by atoms with Crippen LogP contribution in [0, 0.1) is 5.92 Å². The summed E-state index contributed by atoms with van der Waals surface area (Å²) in [7, 11) is 0. The Morgan fingerprint density at radius 1 is 1.00 bits per heavy atom. The third-order valence-electron chi connectivity index (χ3n) is 4.52. The van der Waals surface area contributed by atoms with Gasteiger partial charge in [0.15, 0.2) is 0 Å². The summed E-state index contributed by atoms with van der Waals surface area (Å²) in [5, 5.41) is 14.6. The van der Waals surface area contributed by atoms with Gasteiger partial charge in [-0.15, -0.1) is 0 Å². The first-order valence-corrected chi connectivity index (χ1v) is 8.54. The van der Waals surface area contributed by atoms with Crippen LogP contribution in [0.25, 0.3) is 0 Å². The van der Waals surface area contributed by atoms with Crippen molar-refractivity contribution in [2.75, 3.05) is 5.32 Å². The van der Waals surface area contributed by atoms with Gasteiger partial charge in [0.2, 0.25) is 5.91 Å². The predicted octanol–water partition coefficient (Wildman–Crippen LogP) is 3.05. The van der Waals surface area contributed by atoms with Crippen molar-refractivity contribution < 1.29 is 19.5 Å². The molecule has 0 radical (unpaired) electrons. The summed E-state index contributed by atoms with van der Waals surface area (Å²) < 4.78 is 0. The van der Waals surface area contributed by atoms with Crippen LogP contribution in [-0.4, -0.2) is 22.9 Å². The molecule has 3 N–H and O–H groups in total. The normalized spacial score (nSPS) is 13.5. The number of carbonyl (C=O) groups excluding carboxylic acids is 2. The molecule has 2 amide bonds. The summed E-state index contributed by atoms with van der Waals surface area (Å²) in [6, 6.07) is 13.1. The van der Waals surface area contributed by atoms with Crippen molar-refractivity contribution in [2.45, 2.75) is 25.8 Å². The zero-order valence-corrected chi connectivity index (χ0v) is 14.2. The Morgan fingerprint density at radius 3 is 2.31 bits per heavy atom. The predicted molar refractivity (Wildman–Crippen MR) is 97.0 cm³/mol. The Morgan fingerprint density at radius 2 is 1.69 bits per heavy atom. The largest absolute Gasteiger partial charge is 0.478 e. The standard InChI is InChI=1S/C20H20N2O4/c23-18(15-7-9-16(10-8-15)20(25)26)21-12-13-3-1-6-17(11-13)22-19(24)14-4-2-5-14/h1,3,6-11,14H,2,4-5,12H2,(H,21,23)(H,22,24)(H,25,26). The molecule has 1 saturated carbocycles. The number of hydrogen-bond donors (Lipinski definition) is 3. The number of benzene rings is 2. The molecule has 0 heterocycles. The van der Waals surface area contributed by atoms with Crippen molar-refractivity contribution in [1.29, 1.82) is 0 Å². The van der Waals surface area contributed by atoms with Crippen LogP contribution < -0.4 is 10.6 Å². The number of carbonyl (C=O) groups is 3. The van der Waals surface area contributed by atoms with Gasteiger partial charge in [0.05, 0.1) is 5.56 Å². The van der Waals surface area contributed by atoms with Gasteiger partial charge in [-0.1, -0.05) is 18.6 Å². The summed E-state index contributed by atoms with van der Waals surface area (Å²) in [6.07, 6.45) is 3.00. The van der Waals surface area contributed by atoms with Gasteiger partial charge in [-0.2, -0.15) is 0 Å². The second-order valence-electron chi connectivity index (χ2n) is 6.38. The summed E-state index contributed by atoms with van der Waals surface area (Å²) in [6.45, 7) is 0.312. The molecule has 0 saturated heterocycles. The molecule has 6 nitrogen and oxygen atoms in total. The fourth-order valence-corrected chi connectivity index (χ4v) is 2.72. The maximum absolute atomic E-state index is 12.2. The molecule has 2 aromatic carbocycles. The number of rotatable bonds is 6. The van der Waals surface area contributed by atoms with Gasteiger partial charge >= 0.3 is 5.97 Å². The number of carboxylic acid groups (broad SMARTS) is 1. The van der Waals surface area contributed by atoms with E-state index in [4.69, 9.17) is 5.11 Å². The van der Waals surface area contributed by atoms with E-state index in [1.807, 2.05) is 24.3 Å². The minimum Gasteiger partial charge on any atom is -0.478 e. The molecule has 0 atom stereocenters. The van der Waals surface area contributed by atoms with E-state index in [1.54, 1.807) is 0 Å². The van der Waals surface area contributed by atoms with Crippen molar-refractivity contribution in [3.05, 3.63) is 65.2 Å². The van der Waals surface area contributed by atoms with E-state index in [2.05, 4.69) is 10.6 Å². The molecule has 0 unspecified atom stereocenters. The zero-order valence-electron chi connectivity index (χ0n) is 14.2. The lowest BCUT2D eigenvalue weighted by atomic mass is 9.85. The number of aromatic carboxylic acids is 1. The van der Waals surface area contributed by atoms with E-state index in [1.165, 1.54) is 24.3 Å². The maximum atomic E-state index is 12.2. The van der Waals surface area contributed by atoms with Crippen LogP contribution in [0.4, 0.5) is 5.69 Å². The van der Waals surface area contributed by atoms with Crippen molar-refractivity contribution >= 4 is 23.5 Å². The quantitative estimate of drug-likeness (QED) is 0.744. The molecule has 26 heavy (non-hydrogen) atoms. The lowest BCUT2D eigenvalue weighted by Crippen LogP contribution is -2.28. The van der Waals surface area contributed by atoms with Crippen molar-refractivity contribution in [2.24, 2.45) is 5.92 Å². The van der Waals surface area contributed by atoms with Gasteiger partial charge in [-0.3, -0.25) is 9.59 Å². The summed E-state index contributed by atoms with van der Waals surface area (Å²) >= 11 is 0. The Hall–Kier alpha value is -3.15. The van der Waals surface area contributed by atoms with Gasteiger partial charge in [0.1, 0.15) is 0 Å². The van der Waals surface area contributed by atoms with E-state index in [-0.39, 0.29) is 23.3 Å². The van der Waals surface area contributed by atoms with Crippen molar-refractivity contribution in [1.82, 2.24) is 5.32 Å². The average Bonchev–Trinajstić information content (AvgIpc) is 2.58. The molecule has 0 aliphatic heterocycles. The molecule has 0 spiro atoms. The van der Waals surface area contributed by atoms with E-state index >= 15 is 0 Å². The molecule has 1 fully saturated rings. The zero-order chi connectivity index (χ0) is 18.5. The van der Waals surface area contributed by atoms with Gasteiger partial charge in [-0.25, -0.2) is 4.79 Å². The molecule has 0 bridgehead atoms. The highest BCUT2D eigenvalue weighted by molar-refractivity contribution is 5.96. The van der Waals surface area contributed by atoms with Crippen LogP contribution in [0.3, 0.4) is 0 Å². The lowest BCUT2D eigenvalue weighted by molar-refractivity contribution is -0.122. The topological polar surface area (TPSA) is 95.5 Å². The Balaban J connectivity index is 1.56. The molecule has 0 aromatic heterocycles. The highest BCUT2D eigenvalue weighted by atomic mass is 16.4. The minimum atomic E-state index is -1.03. The number of amides is 2. The first-order chi connectivity index (χ1) is 12.5. The highest BCUT2D eigenvalue weighted by Crippen LogP contribution is 2.27. The fraction of sp³-hybridized carbons (Fsp3) is 0.250. The van der Waals surface area contributed by atoms with E-state index < -0.39 is 5.97 Å². The van der Waals surface area contributed by atoms with Gasteiger partial charge in [-0.05, 0) is 54.8 Å². The van der Waals surface area contributed by atoms with E-state index in [9.17, 15) is 14.4 Å². The fourth-order valence-electron chi connectivity index (χ4n) is 2.72. The maximum Gasteiger partial charge on any atom is 0.335 e. The second kappa shape index (κ2) is 7.82. The molecular formula is C20H20N2O4. The highest BCUT2D eigenvalue weighted by Gasteiger charge is 2.25. The van der Waals surface area contributed by atoms with E-state index in [0.29, 0.717) is 12.1 Å². The van der Waals surface area contributed by atoms with Gasteiger partial charge in [0, 0.05) is 23.7 Å². The first-order valence-electron chi connectivity index (χ1n) is 8.54. The summed E-state index contributed by atoms with van der Waals surface area (Å²) in [5.74, 6) is -1.15. The van der Waals surface area contributed by atoms with Crippen molar-refractivity contribution in [3.63, 3.8) is 0 Å². The van der Waals surface area contributed by atoms with E-state index in [0.717, 1.165) is 30.5 Å². The van der Waals surface area contributed by atoms with Crippen LogP contribution in [0.2, 0.25) is 0 Å². The SMILES string of the molecule is O=C(O)c1ccc(C(=O)NCc2cccc(NC(=O)C3CCC3)c2)cc1. The number of hydrogen-bond acceptors (Lipinski definition) is 3. The second-order valence-corrected chi connectivity index (χ2v) is 6.38. The molecule has 1 aliphatic rings. The van der Waals surface area contributed by atoms with Crippen LogP contribution >= 0.6 is 0 Å². The van der Waals surface area contributed by atoms with Gasteiger partial charge in [0.25, 0.3) is 5.91 Å². The number of anilines is 1. The van der Waals surface area contributed by atoms with Crippen LogP contribution in [0.15, 0.2) is 48.5 Å². The summed E-state index contributed by atoms with van der Waals surface area (Å²) in [4.78, 5) is 35.0. The van der Waals surface area contributed by atoms with Crippen LogP contribution in [0.5, 0.6) is 0 Å². The lowest BCUT2D eigenvalue weighted by Gasteiger charge is -2.24. The third kappa shape index (κ3) is 4.27. The number of nitrogens with one attached hydrogen (secondary N) is 2. The average molecular weight is 352 g/mol. The third-order valence-corrected chi connectivity index (χ3v) is 4.52. The summed E-state index contributed by atoms with van der Waals surface area (Å²) in [5.41, 5.74) is 2.12. The molecular weight excluding hydrogens is 332 g/mol. The molecule has 1 aliphatic carbocycles. The Bertz CT molecular complexity index is 826. The van der Waals surface area contributed by atoms with Crippen molar-refractivity contribution in [3.8, 4) is 0 Å². The van der Waals surface area contributed by atoms with Gasteiger partial charge < -0.3 is 15.7 Å². The molecule has 3 rings (SSSR count). The first kappa shape index (κ1) is 17.7. The Labute approximate surface area is 151 Å². The number of carboxylic acids is 1. The smallest absolute Gasteiger partial charge is 0.335 e. The molecule has 6 heteroatoms. The Kier molecular flexibility index (Phi) is 5.31. The van der Waals surface area contributed by atoms with Crippen LogP contribution in [0.1, 0.15) is 45.5 Å². The monoisotopic (exact) mass is 352 g/mol. The molecule has 2 aromatic rings. The minimum absolute atomic E-state index is 0.0518. The van der Waals surface area contributed by atoms with Crippen LogP contribution in [-0.2, 0) is 11.3 Å².